The number of carboxylic acids is 3. The maximum absolute atomic E-state index is 10.8. The van der Waals surface area contributed by atoms with Gasteiger partial charge in [-0.2, -0.15) is 0 Å². The van der Waals surface area contributed by atoms with Gasteiger partial charge in [-0.05, 0) is 19.3 Å². The third-order valence-electron chi connectivity index (χ3n) is 3.68. The fourth-order valence-electron chi connectivity index (χ4n) is 2.28. The van der Waals surface area contributed by atoms with Crippen LogP contribution in [0.5, 0.6) is 0 Å². The van der Waals surface area contributed by atoms with Crippen LogP contribution in [0.4, 0.5) is 0 Å². The van der Waals surface area contributed by atoms with Crippen molar-refractivity contribution >= 4 is 17.9 Å². The first-order valence-electron chi connectivity index (χ1n) is 8.65. The average molecular weight is 418 g/mol. The molecule has 150 valence electrons. The molecule has 0 aliphatic carbocycles. The zero-order valence-electron chi connectivity index (χ0n) is 17.1. The smallest absolute Gasteiger partial charge is 0.550 e. The van der Waals surface area contributed by atoms with E-state index in [-0.39, 0.29) is 105 Å². The Bertz CT molecular complexity index is 460. The van der Waals surface area contributed by atoms with Crippen LogP contribution in [-0.4, -0.2) is 83.3 Å². The Labute approximate surface area is 210 Å². The molecule has 28 heavy (non-hydrogen) atoms. The van der Waals surface area contributed by atoms with Gasteiger partial charge in [0, 0.05) is 51.2 Å². The second-order valence-electron chi connectivity index (χ2n) is 5.93. The summed E-state index contributed by atoms with van der Waals surface area (Å²) in [6.45, 7) is 3.34. The van der Waals surface area contributed by atoms with E-state index >= 15 is 0 Å². The van der Waals surface area contributed by atoms with Crippen molar-refractivity contribution in [3.05, 3.63) is 12.2 Å². The van der Waals surface area contributed by atoms with E-state index in [4.69, 9.17) is 5.11 Å². The van der Waals surface area contributed by atoms with Crippen LogP contribution in [0.1, 0.15) is 32.6 Å². The third kappa shape index (κ3) is 20.8. The minimum atomic E-state index is -1.23. The monoisotopic (exact) mass is 418 g/mol. The Morgan fingerprint density at radius 3 is 1.79 bits per heavy atom. The van der Waals surface area contributed by atoms with Crippen molar-refractivity contribution in [1.29, 1.82) is 0 Å². The van der Waals surface area contributed by atoms with Crippen LogP contribution in [0.2, 0.25) is 0 Å². The minimum absolute atomic E-state index is 0. The molecule has 0 aromatic heterocycles. The van der Waals surface area contributed by atoms with Gasteiger partial charge in [0.25, 0.3) is 0 Å². The molecule has 0 aliphatic rings. The van der Waals surface area contributed by atoms with Crippen LogP contribution >= 0.6 is 0 Å². The number of nitrogens with zero attached hydrogens (tertiary/aromatic N) is 2. The molecule has 0 aromatic carbocycles. The maximum Gasteiger partial charge on any atom is 1.00 e. The first kappa shape index (κ1) is 32.7. The molecule has 0 fully saturated rings. The van der Waals surface area contributed by atoms with Crippen molar-refractivity contribution in [2.75, 3.05) is 39.3 Å². The minimum Gasteiger partial charge on any atom is -0.550 e. The molecule has 0 rings (SSSR count). The van der Waals surface area contributed by atoms with Gasteiger partial charge in [-0.3, -0.25) is 9.69 Å². The van der Waals surface area contributed by atoms with E-state index in [0.717, 1.165) is 6.42 Å². The summed E-state index contributed by atoms with van der Waals surface area (Å²) in [6, 6.07) is 0. The van der Waals surface area contributed by atoms with Gasteiger partial charge in [0.15, 0.2) is 0 Å². The molecule has 2 N–H and O–H groups in total. The van der Waals surface area contributed by atoms with Gasteiger partial charge in [0.1, 0.15) is 0 Å². The van der Waals surface area contributed by atoms with Crippen molar-refractivity contribution in [3.8, 4) is 0 Å². The van der Waals surface area contributed by atoms with Gasteiger partial charge >= 0.3 is 65.1 Å². The van der Waals surface area contributed by atoms with E-state index in [1.165, 1.54) is 0 Å². The average Bonchev–Trinajstić information content (AvgIpc) is 2.56. The van der Waals surface area contributed by atoms with E-state index in [1.54, 1.807) is 15.9 Å². The Hall–Kier alpha value is 0.0300. The van der Waals surface area contributed by atoms with E-state index in [9.17, 15) is 29.7 Å². The number of carboxylic acid groups (broad SMARTS) is 3. The summed E-state index contributed by atoms with van der Waals surface area (Å²) in [5.41, 5.74) is 0. The van der Waals surface area contributed by atoms with Crippen molar-refractivity contribution in [1.82, 2.24) is 9.80 Å². The zero-order valence-corrected chi connectivity index (χ0v) is 21.1. The first-order valence-corrected chi connectivity index (χ1v) is 8.65. The molecule has 0 radical (unpaired) electrons. The number of aliphatic hydroxyl groups excluding tert-OH is 1. The summed E-state index contributed by atoms with van der Waals surface area (Å²) in [6.07, 6.45) is 2.91. The van der Waals surface area contributed by atoms with Gasteiger partial charge in [-0.1, -0.05) is 19.1 Å². The molecule has 0 saturated carbocycles. The summed E-state index contributed by atoms with van der Waals surface area (Å²) in [5.74, 6) is -3.42. The van der Waals surface area contributed by atoms with Crippen LogP contribution in [-0.2, 0) is 14.4 Å². The molecule has 0 aromatic rings. The molecule has 1 unspecified atom stereocenters. The van der Waals surface area contributed by atoms with Crippen molar-refractivity contribution in [2.45, 2.75) is 38.7 Å². The second kappa shape index (κ2) is 20.3. The molecule has 0 amide bonds. The summed E-state index contributed by atoms with van der Waals surface area (Å²) in [7, 11) is 0. The van der Waals surface area contributed by atoms with Crippen LogP contribution in [0.15, 0.2) is 12.2 Å². The molecule has 9 nitrogen and oxygen atoms in total. The number of aliphatic hydroxyl groups is 1. The molecule has 0 saturated heterocycles. The third-order valence-corrected chi connectivity index (χ3v) is 3.68. The van der Waals surface area contributed by atoms with Gasteiger partial charge in [-0.15, -0.1) is 0 Å². The summed E-state index contributed by atoms with van der Waals surface area (Å²) < 4.78 is 0. The molecule has 0 heterocycles. The number of hydrogen-bond acceptors (Lipinski definition) is 8. The number of carbonyl (C=O) groups excluding carboxylic acids is 2. The van der Waals surface area contributed by atoms with E-state index in [2.05, 4.69) is 0 Å². The van der Waals surface area contributed by atoms with Crippen molar-refractivity contribution in [2.24, 2.45) is 0 Å². The summed E-state index contributed by atoms with van der Waals surface area (Å²) in [4.78, 5) is 35.4. The van der Waals surface area contributed by atoms with Crippen LogP contribution < -0.4 is 69.3 Å². The van der Waals surface area contributed by atoms with Gasteiger partial charge in [0.05, 0.1) is 12.5 Å². The molecule has 11 heteroatoms. The number of aliphatic carboxylic acids is 3. The quantitative estimate of drug-likeness (QED) is 0.184. The number of allylic oxidation sites excluding steroid dienone is 1. The van der Waals surface area contributed by atoms with E-state index in [1.807, 2.05) is 13.0 Å². The zero-order chi connectivity index (χ0) is 19.9. The topological polar surface area (TPSA) is 144 Å². The Morgan fingerprint density at radius 2 is 1.36 bits per heavy atom. The molecule has 1 atom stereocenters. The van der Waals surface area contributed by atoms with Gasteiger partial charge < -0.3 is 34.9 Å². The Balaban J connectivity index is -0.00000312. The van der Waals surface area contributed by atoms with Crippen LogP contribution in [0.25, 0.3) is 0 Å². The molecular weight excluding hydrogens is 390 g/mol. The van der Waals surface area contributed by atoms with Crippen LogP contribution in [0.3, 0.4) is 0 Å². The molecule has 0 spiro atoms. The maximum atomic E-state index is 10.8. The first-order chi connectivity index (χ1) is 12.2. The molecule has 0 aliphatic heterocycles. The predicted molar refractivity (Wildman–Crippen MR) is 89.8 cm³/mol. The Morgan fingerprint density at radius 1 is 0.893 bits per heavy atom. The number of carbonyl (C=O) groups is 3. The standard InChI is InChI=1S/C17H30N2O7.2Na/c1-2-3-4-14(20)13-19(10-7-17(25)26)12-11-18(8-5-15(21)22)9-6-16(23)24;;/h3-4,14,20H,2,5-13H2,1H3,(H,21,22)(H,23,24)(H,25,26);;/q;2*+1/p-2/b4-3+;;. The van der Waals surface area contributed by atoms with Crippen molar-refractivity contribution < 1.29 is 93.9 Å². The van der Waals surface area contributed by atoms with E-state index < -0.39 is 24.0 Å². The summed E-state index contributed by atoms with van der Waals surface area (Å²) >= 11 is 0. The second-order valence-corrected chi connectivity index (χ2v) is 5.93. The normalized spacial score (nSPS) is 11.9. The molecule has 0 bridgehead atoms. The van der Waals surface area contributed by atoms with Crippen LogP contribution in [0, 0.1) is 0 Å². The molecular formula is C17H28N2Na2O7. The predicted octanol–water partition coefficient (Wildman–Crippen LogP) is -8.32. The Kier molecular flexibility index (Phi) is 23.7. The van der Waals surface area contributed by atoms with E-state index in [0.29, 0.717) is 13.1 Å². The fourth-order valence-corrected chi connectivity index (χ4v) is 2.28. The number of rotatable bonds is 16. The SMILES string of the molecule is CC/C=C/C(O)CN(CCC(=O)O)CCN(CCC(=O)[O-])CCC(=O)[O-].[Na+].[Na+]. The van der Waals surface area contributed by atoms with Crippen molar-refractivity contribution in [3.63, 3.8) is 0 Å². The largest absolute Gasteiger partial charge is 1.00 e. The fraction of sp³-hybridized carbons (Fsp3) is 0.706. The van der Waals surface area contributed by atoms with Gasteiger partial charge in [-0.25, -0.2) is 0 Å². The van der Waals surface area contributed by atoms with Gasteiger partial charge in [0.2, 0.25) is 0 Å². The summed E-state index contributed by atoms with van der Waals surface area (Å²) in [5, 5.41) is 40.1. The number of hydrogen-bond donors (Lipinski definition) is 2.